The van der Waals surface area contributed by atoms with E-state index in [0.717, 1.165) is 11.5 Å². The molecule has 0 radical (unpaired) electrons. The SMILES string of the molecule is CCSC[C@H](COCc1ccccc1)NB(C)O. The molecule has 0 unspecified atom stereocenters. The van der Waals surface area contributed by atoms with Gasteiger partial charge in [-0.1, -0.05) is 37.3 Å². The molecule has 1 aromatic rings. The van der Waals surface area contributed by atoms with E-state index >= 15 is 0 Å². The van der Waals surface area contributed by atoms with E-state index in [1.807, 2.05) is 30.0 Å². The van der Waals surface area contributed by atoms with Crippen LogP contribution in [0.3, 0.4) is 0 Å². The van der Waals surface area contributed by atoms with Crippen LogP contribution in [0.2, 0.25) is 6.82 Å². The molecule has 0 aliphatic heterocycles. The van der Waals surface area contributed by atoms with Crippen LogP contribution < -0.4 is 5.23 Å². The predicted octanol–water partition coefficient (Wildman–Crippen LogP) is 2.02. The van der Waals surface area contributed by atoms with Gasteiger partial charge in [0.25, 0.3) is 0 Å². The minimum atomic E-state index is -0.493. The Bertz CT molecular complexity index is 311. The van der Waals surface area contributed by atoms with Crippen LogP contribution in [0.5, 0.6) is 0 Å². The minimum absolute atomic E-state index is 0.193. The molecule has 0 fully saturated rings. The van der Waals surface area contributed by atoms with Gasteiger partial charge in [0.2, 0.25) is 0 Å². The molecular weight excluding hydrogens is 245 g/mol. The fraction of sp³-hybridized carbons (Fsp3) is 0.538. The number of hydrogen-bond donors (Lipinski definition) is 2. The fourth-order valence-electron chi connectivity index (χ4n) is 1.64. The van der Waals surface area contributed by atoms with E-state index in [-0.39, 0.29) is 6.04 Å². The molecule has 1 rings (SSSR count). The van der Waals surface area contributed by atoms with Crippen LogP contribution >= 0.6 is 11.8 Å². The predicted molar refractivity (Wildman–Crippen MR) is 79.9 cm³/mol. The van der Waals surface area contributed by atoms with Gasteiger partial charge in [-0.2, -0.15) is 11.8 Å². The van der Waals surface area contributed by atoms with Gasteiger partial charge in [0.05, 0.1) is 13.2 Å². The van der Waals surface area contributed by atoms with Gasteiger partial charge in [-0.3, -0.25) is 0 Å². The molecule has 0 aliphatic carbocycles. The van der Waals surface area contributed by atoms with Gasteiger partial charge in [0, 0.05) is 11.8 Å². The maximum atomic E-state index is 9.36. The summed E-state index contributed by atoms with van der Waals surface area (Å²) in [7, 11) is -0.493. The Hall–Kier alpha value is -0.485. The third-order valence-corrected chi connectivity index (χ3v) is 3.48. The lowest BCUT2D eigenvalue weighted by atomic mass is 9.87. The maximum absolute atomic E-state index is 9.36. The van der Waals surface area contributed by atoms with E-state index in [1.165, 1.54) is 5.56 Å². The van der Waals surface area contributed by atoms with E-state index in [0.29, 0.717) is 13.2 Å². The van der Waals surface area contributed by atoms with Gasteiger partial charge in [0.1, 0.15) is 0 Å². The Balaban J connectivity index is 2.27. The number of thioether (sulfide) groups is 1. The van der Waals surface area contributed by atoms with Crippen LogP contribution in [-0.4, -0.2) is 36.2 Å². The summed E-state index contributed by atoms with van der Waals surface area (Å²) in [6, 6.07) is 10.3. The van der Waals surface area contributed by atoms with E-state index in [2.05, 4.69) is 24.3 Å². The first-order valence-corrected chi connectivity index (χ1v) is 7.51. The number of rotatable bonds is 9. The highest BCUT2D eigenvalue weighted by Crippen LogP contribution is 2.05. The summed E-state index contributed by atoms with van der Waals surface area (Å²) in [5, 5.41) is 12.5. The molecule has 0 aromatic heterocycles. The normalized spacial score (nSPS) is 12.4. The van der Waals surface area contributed by atoms with Crippen molar-refractivity contribution in [2.24, 2.45) is 0 Å². The quantitative estimate of drug-likeness (QED) is 0.672. The van der Waals surface area contributed by atoms with Crippen LogP contribution in [0.4, 0.5) is 0 Å². The summed E-state index contributed by atoms with van der Waals surface area (Å²) in [6.45, 7) is 5.11. The van der Waals surface area contributed by atoms with E-state index < -0.39 is 7.05 Å². The first-order chi connectivity index (χ1) is 8.72. The molecule has 0 saturated heterocycles. The zero-order chi connectivity index (χ0) is 13.2. The molecule has 3 nitrogen and oxygen atoms in total. The molecule has 1 aromatic carbocycles. The van der Waals surface area contributed by atoms with Crippen molar-refractivity contribution in [3.8, 4) is 0 Å². The molecule has 0 spiro atoms. The smallest absolute Gasteiger partial charge is 0.373 e. The van der Waals surface area contributed by atoms with Crippen LogP contribution in [0.15, 0.2) is 30.3 Å². The maximum Gasteiger partial charge on any atom is 0.373 e. The molecule has 2 N–H and O–H groups in total. The third-order valence-electron chi connectivity index (χ3n) is 2.43. The fourth-order valence-corrected chi connectivity index (χ4v) is 2.35. The zero-order valence-electron chi connectivity index (χ0n) is 11.1. The van der Waals surface area contributed by atoms with Gasteiger partial charge in [-0.05, 0) is 18.1 Å². The molecule has 0 aliphatic rings. The second kappa shape index (κ2) is 9.45. The van der Waals surface area contributed by atoms with Crippen LogP contribution in [-0.2, 0) is 11.3 Å². The summed E-state index contributed by atoms with van der Waals surface area (Å²) in [5.74, 6) is 2.03. The van der Waals surface area contributed by atoms with E-state index in [1.54, 1.807) is 6.82 Å². The molecule has 100 valence electrons. The Labute approximate surface area is 114 Å². The topological polar surface area (TPSA) is 41.5 Å². The highest BCUT2D eigenvalue weighted by atomic mass is 32.2. The van der Waals surface area contributed by atoms with E-state index in [9.17, 15) is 5.02 Å². The summed E-state index contributed by atoms with van der Waals surface area (Å²) >= 11 is 1.85. The van der Waals surface area contributed by atoms with Crippen molar-refractivity contribution in [3.63, 3.8) is 0 Å². The van der Waals surface area contributed by atoms with Gasteiger partial charge in [0.15, 0.2) is 0 Å². The zero-order valence-corrected chi connectivity index (χ0v) is 12.0. The van der Waals surface area contributed by atoms with Crippen LogP contribution in [0.25, 0.3) is 0 Å². The molecule has 0 amide bonds. The second-order valence-corrected chi connectivity index (χ2v) is 5.52. The third kappa shape index (κ3) is 7.06. The molecular formula is C13H22BNO2S. The summed E-state index contributed by atoms with van der Waals surface area (Å²) < 4.78 is 5.69. The number of hydrogen-bond acceptors (Lipinski definition) is 4. The van der Waals surface area contributed by atoms with Crippen molar-refractivity contribution in [2.75, 3.05) is 18.1 Å². The Morgan fingerprint density at radius 3 is 2.72 bits per heavy atom. The minimum Gasteiger partial charge on any atom is -0.437 e. The molecule has 0 bridgehead atoms. The van der Waals surface area contributed by atoms with Crippen LogP contribution in [0.1, 0.15) is 12.5 Å². The van der Waals surface area contributed by atoms with Gasteiger partial charge < -0.3 is 15.0 Å². The molecule has 1 atom stereocenters. The standard InChI is InChI=1S/C13H22BNO2S/c1-3-18-11-13(15-14(2)16)10-17-9-12-7-5-4-6-8-12/h4-8,13,15-16H,3,9-11H2,1-2H3/t13-/m0/s1. The Morgan fingerprint density at radius 2 is 2.11 bits per heavy atom. The first kappa shape index (κ1) is 15.6. The van der Waals surface area contributed by atoms with Crippen molar-refractivity contribution in [1.29, 1.82) is 0 Å². The average Bonchev–Trinajstić information content (AvgIpc) is 2.36. The average molecular weight is 267 g/mol. The number of ether oxygens (including phenoxy) is 1. The highest BCUT2D eigenvalue weighted by molar-refractivity contribution is 7.99. The van der Waals surface area contributed by atoms with Crippen LogP contribution in [0, 0.1) is 0 Å². The highest BCUT2D eigenvalue weighted by Gasteiger charge is 2.13. The lowest BCUT2D eigenvalue weighted by molar-refractivity contribution is 0.108. The second-order valence-electron chi connectivity index (χ2n) is 4.20. The number of nitrogens with one attached hydrogen (secondary N) is 1. The van der Waals surface area contributed by atoms with Crippen molar-refractivity contribution in [1.82, 2.24) is 5.23 Å². The lowest BCUT2D eigenvalue weighted by Gasteiger charge is -2.19. The lowest BCUT2D eigenvalue weighted by Crippen LogP contribution is -2.44. The Morgan fingerprint density at radius 1 is 1.39 bits per heavy atom. The summed E-state index contributed by atoms with van der Waals surface area (Å²) in [4.78, 5) is 0. The largest absolute Gasteiger partial charge is 0.437 e. The van der Waals surface area contributed by atoms with Crippen molar-refractivity contribution in [3.05, 3.63) is 35.9 Å². The summed E-state index contributed by atoms with van der Waals surface area (Å²) in [5.41, 5.74) is 1.18. The first-order valence-electron chi connectivity index (χ1n) is 6.36. The molecule has 0 heterocycles. The van der Waals surface area contributed by atoms with E-state index in [4.69, 9.17) is 4.74 Å². The van der Waals surface area contributed by atoms with Crippen molar-refractivity contribution in [2.45, 2.75) is 26.4 Å². The van der Waals surface area contributed by atoms with Gasteiger partial charge in [-0.15, -0.1) is 0 Å². The Kier molecular flexibility index (Phi) is 8.17. The van der Waals surface area contributed by atoms with Crippen molar-refractivity contribution < 1.29 is 9.76 Å². The summed E-state index contributed by atoms with van der Waals surface area (Å²) in [6.07, 6.45) is 0. The molecule has 18 heavy (non-hydrogen) atoms. The molecule has 0 saturated carbocycles. The van der Waals surface area contributed by atoms with Gasteiger partial charge in [-0.25, -0.2) is 0 Å². The number of benzene rings is 1. The monoisotopic (exact) mass is 267 g/mol. The van der Waals surface area contributed by atoms with Gasteiger partial charge >= 0.3 is 7.05 Å². The molecule has 5 heteroatoms. The van der Waals surface area contributed by atoms with Crippen molar-refractivity contribution >= 4 is 18.8 Å².